The third-order valence-electron chi connectivity index (χ3n) is 4.93. The van der Waals surface area contributed by atoms with Crippen LogP contribution in [0.1, 0.15) is 40.5 Å². The van der Waals surface area contributed by atoms with Gasteiger partial charge in [0.1, 0.15) is 5.78 Å². The summed E-state index contributed by atoms with van der Waals surface area (Å²) in [6.07, 6.45) is 2.00. The first kappa shape index (κ1) is 21.1. The Bertz CT molecular complexity index is 401. The first-order valence-corrected chi connectivity index (χ1v) is 9.39. The quantitative estimate of drug-likeness (QED) is 0.785. The average Bonchev–Trinajstić information content (AvgIpc) is 2.93. The second kappa shape index (κ2) is 10.1. The van der Waals surface area contributed by atoms with Crippen LogP contribution in [0.15, 0.2) is 0 Å². The normalized spacial score (nSPS) is 22.7. The van der Waals surface area contributed by atoms with Gasteiger partial charge in [-0.3, -0.25) is 9.59 Å². The minimum Gasteiger partial charge on any atom is -0.340 e. The molecule has 0 radical (unpaired) electrons. The Hall–Kier alpha value is -0.940. The van der Waals surface area contributed by atoms with Gasteiger partial charge in [-0.25, -0.2) is 0 Å². The molecule has 5 heteroatoms. The highest BCUT2D eigenvalue weighted by molar-refractivity contribution is 5.80. The van der Waals surface area contributed by atoms with Crippen molar-refractivity contribution in [1.29, 1.82) is 0 Å². The molecule has 5 nitrogen and oxygen atoms in total. The van der Waals surface area contributed by atoms with E-state index in [1.807, 2.05) is 32.6 Å². The minimum absolute atomic E-state index is 0.147. The van der Waals surface area contributed by atoms with Crippen LogP contribution in [-0.4, -0.2) is 79.8 Å². The molecule has 0 saturated carbocycles. The molecule has 140 valence electrons. The molecule has 2 rings (SSSR count). The molecule has 2 aliphatic rings. The molecular formula is C19H37N3O2. The Morgan fingerprint density at radius 2 is 1.46 bits per heavy atom. The number of piperazine rings is 1. The van der Waals surface area contributed by atoms with Crippen LogP contribution < -0.4 is 0 Å². The lowest BCUT2D eigenvalue weighted by Crippen LogP contribution is -2.48. The van der Waals surface area contributed by atoms with Crippen LogP contribution in [0.5, 0.6) is 0 Å². The topological polar surface area (TPSA) is 43.9 Å². The van der Waals surface area contributed by atoms with Gasteiger partial charge < -0.3 is 14.7 Å². The summed E-state index contributed by atoms with van der Waals surface area (Å²) in [6, 6.07) is 0. The number of ketones is 1. The van der Waals surface area contributed by atoms with Gasteiger partial charge in [0.15, 0.2) is 0 Å². The minimum atomic E-state index is 0.147. The highest BCUT2D eigenvalue weighted by atomic mass is 16.2. The zero-order valence-corrected chi connectivity index (χ0v) is 16.5. The maximum absolute atomic E-state index is 11.5. The van der Waals surface area contributed by atoms with E-state index in [1.165, 1.54) is 6.42 Å². The van der Waals surface area contributed by atoms with Crippen LogP contribution in [0.4, 0.5) is 0 Å². The van der Waals surface area contributed by atoms with Crippen molar-refractivity contribution in [3.05, 3.63) is 0 Å². The number of nitrogens with zero attached hydrogens (tertiary/aromatic N) is 3. The molecule has 1 atom stereocenters. The van der Waals surface area contributed by atoms with Crippen LogP contribution >= 0.6 is 0 Å². The maximum Gasteiger partial charge on any atom is 0.225 e. The van der Waals surface area contributed by atoms with E-state index < -0.39 is 0 Å². The molecule has 0 aromatic rings. The highest BCUT2D eigenvalue weighted by Crippen LogP contribution is 2.19. The summed E-state index contributed by atoms with van der Waals surface area (Å²) < 4.78 is 0. The van der Waals surface area contributed by atoms with E-state index in [0.717, 1.165) is 45.7 Å². The molecule has 2 aliphatic heterocycles. The van der Waals surface area contributed by atoms with Crippen LogP contribution in [-0.2, 0) is 9.59 Å². The number of rotatable bonds is 4. The van der Waals surface area contributed by atoms with E-state index in [9.17, 15) is 9.59 Å². The standard InChI is InChI=1S/C10H19NO.C9H18N2O/c1-8(2)10(12)6-9-4-5-11(3)7-9;1-8(2)9(12)11-6-4-10(3)5-7-11/h8-9H,4-7H2,1-3H3;8H,4-7H2,1-3H3. The summed E-state index contributed by atoms with van der Waals surface area (Å²) in [4.78, 5) is 29.4. The summed E-state index contributed by atoms with van der Waals surface area (Å²) in [6.45, 7) is 14.0. The summed E-state index contributed by atoms with van der Waals surface area (Å²) in [7, 11) is 4.22. The predicted octanol–water partition coefficient (Wildman–Crippen LogP) is 1.97. The number of likely N-dealkylation sites (tertiary alicyclic amines) is 1. The number of hydrogen-bond donors (Lipinski definition) is 0. The fourth-order valence-electron chi connectivity index (χ4n) is 3.11. The van der Waals surface area contributed by atoms with Gasteiger partial charge in [-0.15, -0.1) is 0 Å². The Balaban J connectivity index is 0.000000240. The van der Waals surface area contributed by atoms with Crippen molar-refractivity contribution in [2.75, 3.05) is 53.4 Å². The lowest BCUT2D eigenvalue weighted by Gasteiger charge is -2.33. The molecule has 1 unspecified atom stereocenters. The smallest absolute Gasteiger partial charge is 0.225 e. The van der Waals surface area contributed by atoms with Crippen molar-refractivity contribution < 1.29 is 9.59 Å². The molecule has 2 saturated heterocycles. The fourth-order valence-corrected chi connectivity index (χ4v) is 3.11. The van der Waals surface area contributed by atoms with Crippen LogP contribution in [0.25, 0.3) is 0 Å². The van der Waals surface area contributed by atoms with Gasteiger partial charge in [0.2, 0.25) is 5.91 Å². The first-order valence-electron chi connectivity index (χ1n) is 9.39. The molecule has 24 heavy (non-hydrogen) atoms. The van der Waals surface area contributed by atoms with Gasteiger partial charge in [0, 0.05) is 51.0 Å². The highest BCUT2D eigenvalue weighted by Gasteiger charge is 2.23. The molecule has 0 bridgehead atoms. The van der Waals surface area contributed by atoms with Gasteiger partial charge in [-0.05, 0) is 33.0 Å². The molecule has 1 amide bonds. The predicted molar refractivity (Wildman–Crippen MR) is 99.0 cm³/mol. The van der Waals surface area contributed by atoms with Gasteiger partial charge in [0.25, 0.3) is 0 Å². The van der Waals surface area contributed by atoms with E-state index in [2.05, 4.69) is 23.9 Å². The molecule has 0 aliphatic carbocycles. The Morgan fingerprint density at radius 1 is 0.875 bits per heavy atom. The monoisotopic (exact) mass is 339 g/mol. The molecular weight excluding hydrogens is 302 g/mol. The molecule has 0 spiro atoms. The van der Waals surface area contributed by atoms with E-state index in [1.54, 1.807) is 0 Å². The molecule has 0 aromatic carbocycles. The number of carbonyl (C=O) groups excluding carboxylic acids is 2. The van der Waals surface area contributed by atoms with Crippen molar-refractivity contribution in [2.45, 2.75) is 40.5 Å². The fraction of sp³-hybridized carbons (Fsp3) is 0.895. The van der Waals surface area contributed by atoms with Crippen molar-refractivity contribution in [1.82, 2.24) is 14.7 Å². The summed E-state index contributed by atoms with van der Waals surface area (Å²) >= 11 is 0. The number of Topliss-reactive ketones (excluding diaryl/α,β-unsaturated/α-hetero) is 1. The zero-order valence-electron chi connectivity index (χ0n) is 16.5. The second-order valence-electron chi connectivity index (χ2n) is 8.03. The van der Waals surface area contributed by atoms with Gasteiger partial charge >= 0.3 is 0 Å². The number of likely N-dealkylation sites (N-methyl/N-ethyl adjacent to an activating group) is 1. The average molecular weight is 340 g/mol. The van der Waals surface area contributed by atoms with Crippen LogP contribution in [0.3, 0.4) is 0 Å². The summed E-state index contributed by atoms with van der Waals surface area (Å²) in [5.74, 6) is 1.72. The number of hydrogen-bond acceptors (Lipinski definition) is 4. The van der Waals surface area contributed by atoms with E-state index in [4.69, 9.17) is 0 Å². The first-order chi connectivity index (χ1) is 11.2. The molecule has 0 aromatic heterocycles. The maximum atomic E-state index is 11.5. The largest absolute Gasteiger partial charge is 0.340 e. The van der Waals surface area contributed by atoms with Crippen molar-refractivity contribution in [3.63, 3.8) is 0 Å². The van der Waals surface area contributed by atoms with E-state index in [-0.39, 0.29) is 11.8 Å². The third kappa shape index (κ3) is 7.31. The van der Waals surface area contributed by atoms with Crippen molar-refractivity contribution >= 4 is 11.7 Å². The van der Waals surface area contributed by atoms with E-state index in [0.29, 0.717) is 17.6 Å². The third-order valence-corrected chi connectivity index (χ3v) is 4.93. The van der Waals surface area contributed by atoms with Gasteiger partial charge in [-0.2, -0.15) is 0 Å². The van der Waals surface area contributed by atoms with Crippen molar-refractivity contribution in [2.24, 2.45) is 17.8 Å². The van der Waals surface area contributed by atoms with Crippen LogP contribution in [0, 0.1) is 17.8 Å². The Morgan fingerprint density at radius 3 is 1.88 bits per heavy atom. The Labute approximate surface area is 148 Å². The van der Waals surface area contributed by atoms with Gasteiger partial charge in [-0.1, -0.05) is 27.7 Å². The zero-order chi connectivity index (χ0) is 18.3. The van der Waals surface area contributed by atoms with Gasteiger partial charge in [0.05, 0.1) is 0 Å². The van der Waals surface area contributed by atoms with Crippen LogP contribution in [0.2, 0.25) is 0 Å². The summed E-state index contributed by atoms with van der Waals surface area (Å²) in [5.41, 5.74) is 0. The second-order valence-corrected chi connectivity index (χ2v) is 8.03. The Kier molecular flexibility index (Phi) is 8.92. The molecule has 2 heterocycles. The van der Waals surface area contributed by atoms with E-state index >= 15 is 0 Å². The number of amides is 1. The lowest BCUT2D eigenvalue weighted by atomic mass is 9.96. The SMILES string of the molecule is CC(C)C(=O)CC1CCN(C)C1.CC(C)C(=O)N1CCN(C)CC1. The summed E-state index contributed by atoms with van der Waals surface area (Å²) in [5, 5.41) is 0. The number of carbonyl (C=O) groups is 2. The van der Waals surface area contributed by atoms with Crippen molar-refractivity contribution in [3.8, 4) is 0 Å². The molecule has 0 N–H and O–H groups in total. The lowest BCUT2D eigenvalue weighted by molar-refractivity contribution is -0.136. The molecule has 2 fully saturated rings.